The lowest BCUT2D eigenvalue weighted by Crippen LogP contribution is -2.26. The van der Waals surface area contributed by atoms with E-state index < -0.39 is 11.7 Å². The number of nitrogens with one attached hydrogen (secondary N) is 1. The fraction of sp³-hybridized carbons (Fsp3) is 0.400. The van der Waals surface area contributed by atoms with E-state index in [4.69, 9.17) is 10.00 Å². The van der Waals surface area contributed by atoms with E-state index in [1.807, 2.05) is 6.07 Å². The van der Waals surface area contributed by atoms with Crippen molar-refractivity contribution in [3.05, 3.63) is 17.0 Å². The number of rotatable bonds is 1. The minimum absolute atomic E-state index is 0.506. The summed E-state index contributed by atoms with van der Waals surface area (Å²) in [5.74, 6) is 0. The zero-order valence-corrected chi connectivity index (χ0v) is 9.64. The molecule has 0 spiro atoms. The molecule has 0 aliphatic heterocycles. The van der Waals surface area contributed by atoms with Gasteiger partial charge in [-0.15, -0.1) is 11.3 Å². The number of carbonyl (C=O) groups excluding carboxylic acids is 1. The van der Waals surface area contributed by atoms with Crippen molar-refractivity contribution >= 4 is 22.4 Å². The van der Waals surface area contributed by atoms with Gasteiger partial charge in [0.25, 0.3) is 0 Å². The smallest absolute Gasteiger partial charge is 0.412 e. The molecule has 0 aromatic carbocycles. The van der Waals surface area contributed by atoms with Crippen LogP contribution in [0.5, 0.6) is 0 Å². The lowest BCUT2D eigenvalue weighted by atomic mass is 10.2. The molecule has 80 valence electrons. The molecule has 0 bridgehead atoms. The van der Waals surface area contributed by atoms with E-state index >= 15 is 0 Å². The van der Waals surface area contributed by atoms with E-state index in [-0.39, 0.29) is 0 Å². The number of hydrogen-bond donors (Lipinski definition) is 1. The Balaban J connectivity index is 2.56. The molecule has 0 atom stereocenters. The van der Waals surface area contributed by atoms with Crippen molar-refractivity contribution in [3.8, 4) is 6.07 Å². The Bertz CT molecular complexity index is 398. The standard InChI is InChI=1S/C10H12N2O2S/c1-10(2,3)14-9(13)12-8-5-4-7(6-11)15-8/h4-5H,1-3H3,(H,12,13). The molecule has 0 saturated carbocycles. The number of hydrogen-bond acceptors (Lipinski definition) is 4. The van der Waals surface area contributed by atoms with Gasteiger partial charge in [-0.25, -0.2) is 4.79 Å². The van der Waals surface area contributed by atoms with Crippen LogP contribution in [0.3, 0.4) is 0 Å². The molecule has 1 heterocycles. The number of amides is 1. The van der Waals surface area contributed by atoms with Crippen LogP contribution >= 0.6 is 11.3 Å². The summed E-state index contributed by atoms with van der Waals surface area (Å²) in [4.78, 5) is 11.9. The Hall–Kier alpha value is -1.54. The summed E-state index contributed by atoms with van der Waals surface area (Å²) in [6, 6.07) is 5.32. The number of anilines is 1. The maximum absolute atomic E-state index is 11.3. The van der Waals surface area contributed by atoms with Gasteiger partial charge in [-0.3, -0.25) is 5.32 Å². The average molecular weight is 224 g/mol. The highest BCUT2D eigenvalue weighted by atomic mass is 32.1. The first-order valence-corrected chi connectivity index (χ1v) is 5.22. The van der Waals surface area contributed by atoms with Gasteiger partial charge in [0.2, 0.25) is 0 Å². The summed E-state index contributed by atoms with van der Waals surface area (Å²) < 4.78 is 5.06. The lowest BCUT2D eigenvalue weighted by molar-refractivity contribution is 0.0636. The normalized spacial score (nSPS) is 10.5. The van der Waals surface area contributed by atoms with Crippen molar-refractivity contribution < 1.29 is 9.53 Å². The van der Waals surface area contributed by atoms with E-state index in [9.17, 15) is 4.79 Å². The first-order valence-electron chi connectivity index (χ1n) is 4.40. The number of carbonyl (C=O) groups is 1. The topological polar surface area (TPSA) is 62.1 Å². The van der Waals surface area contributed by atoms with Crippen LogP contribution in [0.4, 0.5) is 9.80 Å². The number of ether oxygens (including phenoxy) is 1. The van der Waals surface area contributed by atoms with Gasteiger partial charge in [0.1, 0.15) is 16.5 Å². The first kappa shape index (κ1) is 11.5. The molecule has 15 heavy (non-hydrogen) atoms. The van der Waals surface area contributed by atoms with Crippen molar-refractivity contribution in [1.29, 1.82) is 5.26 Å². The molecule has 1 aromatic heterocycles. The second kappa shape index (κ2) is 4.32. The number of nitriles is 1. The van der Waals surface area contributed by atoms with E-state index in [1.165, 1.54) is 11.3 Å². The summed E-state index contributed by atoms with van der Waals surface area (Å²) in [5, 5.41) is 11.8. The van der Waals surface area contributed by atoms with Gasteiger partial charge < -0.3 is 4.74 Å². The molecule has 0 saturated heterocycles. The van der Waals surface area contributed by atoms with Gasteiger partial charge in [0.05, 0.1) is 5.00 Å². The van der Waals surface area contributed by atoms with Crippen molar-refractivity contribution in [2.24, 2.45) is 0 Å². The van der Waals surface area contributed by atoms with Crippen molar-refractivity contribution in [3.63, 3.8) is 0 Å². The maximum atomic E-state index is 11.3. The second-order valence-corrected chi connectivity index (χ2v) is 4.99. The van der Waals surface area contributed by atoms with Crippen LogP contribution in [-0.2, 0) is 4.74 Å². The zero-order valence-electron chi connectivity index (χ0n) is 8.83. The fourth-order valence-corrected chi connectivity index (χ4v) is 1.56. The summed E-state index contributed by atoms with van der Waals surface area (Å²) >= 11 is 1.21. The number of thiophene rings is 1. The van der Waals surface area contributed by atoms with Crippen molar-refractivity contribution in [2.45, 2.75) is 26.4 Å². The third kappa shape index (κ3) is 4.00. The Morgan fingerprint density at radius 2 is 2.20 bits per heavy atom. The predicted molar refractivity (Wildman–Crippen MR) is 58.9 cm³/mol. The van der Waals surface area contributed by atoms with E-state index in [1.54, 1.807) is 32.9 Å². The minimum Gasteiger partial charge on any atom is -0.444 e. The fourth-order valence-electron chi connectivity index (χ4n) is 0.869. The van der Waals surface area contributed by atoms with Gasteiger partial charge in [-0.2, -0.15) is 5.26 Å². The quantitative estimate of drug-likeness (QED) is 0.797. The monoisotopic (exact) mass is 224 g/mol. The molecule has 0 aliphatic carbocycles. The Labute approximate surface area is 92.5 Å². The molecule has 0 aliphatic rings. The predicted octanol–water partition coefficient (Wildman–Crippen LogP) is 2.97. The van der Waals surface area contributed by atoms with E-state index in [2.05, 4.69) is 5.32 Å². The minimum atomic E-state index is -0.514. The van der Waals surface area contributed by atoms with E-state index in [0.717, 1.165) is 0 Å². The Morgan fingerprint density at radius 3 is 2.67 bits per heavy atom. The average Bonchev–Trinajstić information content (AvgIpc) is 2.48. The third-order valence-corrected chi connectivity index (χ3v) is 2.25. The molecule has 5 heteroatoms. The Kier molecular flexibility index (Phi) is 3.32. The van der Waals surface area contributed by atoms with Crippen LogP contribution < -0.4 is 5.32 Å². The van der Waals surface area contributed by atoms with E-state index in [0.29, 0.717) is 9.88 Å². The zero-order chi connectivity index (χ0) is 11.5. The van der Waals surface area contributed by atoms with Gasteiger partial charge in [-0.05, 0) is 32.9 Å². The summed E-state index contributed by atoms with van der Waals surface area (Å²) in [6.07, 6.45) is -0.506. The molecular formula is C10H12N2O2S. The molecule has 0 radical (unpaired) electrons. The summed E-state index contributed by atoms with van der Waals surface area (Å²) in [5.41, 5.74) is -0.514. The molecule has 1 rings (SSSR count). The molecule has 1 aromatic rings. The van der Waals surface area contributed by atoms with Crippen LogP contribution in [0.2, 0.25) is 0 Å². The highest BCUT2D eigenvalue weighted by Gasteiger charge is 2.16. The SMILES string of the molecule is CC(C)(C)OC(=O)Nc1ccc(C#N)s1. The molecule has 1 N–H and O–H groups in total. The highest BCUT2D eigenvalue weighted by molar-refractivity contribution is 7.16. The number of nitrogens with zero attached hydrogens (tertiary/aromatic N) is 1. The van der Waals surface area contributed by atoms with Gasteiger partial charge in [0.15, 0.2) is 0 Å². The summed E-state index contributed by atoms with van der Waals surface area (Å²) in [7, 11) is 0. The lowest BCUT2D eigenvalue weighted by Gasteiger charge is -2.19. The molecule has 4 nitrogen and oxygen atoms in total. The van der Waals surface area contributed by atoms with Crippen LogP contribution in [0.1, 0.15) is 25.6 Å². The Morgan fingerprint density at radius 1 is 1.53 bits per heavy atom. The third-order valence-electron chi connectivity index (χ3n) is 1.34. The second-order valence-electron chi connectivity index (χ2n) is 3.90. The van der Waals surface area contributed by atoms with Crippen LogP contribution in [0.15, 0.2) is 12.1 Å². The van der Waals surface area contributed by atoms with Crippen molar-refractivity contribution in [2.75, 3.05) is 5.32 Å². The molecular weight excluding hydrogens is 212 g/mol. The van der Waals surface area contributed by atoms with Gasteiger partial charge in [0, 0.05) is 0 Å². The summed E-state index contributed by atoms with van der Waals surface area (Å²) in [6.45, 7) is 5.38. The molecule has 0 unspecified atom stereocenters. The van der Waals surface area contributed by atoms with Crippen LogP contribution in [0, 0.1) is 11.3 Å². The highest BCUT2D eigenvalue weighted by Crippen LogP contribution is 2.21. The molecule has 1 amide bonds. The van der Waals surface area contributed by atoms with Crippen LogP contribution in [0.25, 0.3) is 0 Å². The van der Waals surface area contributed by atoms with Crippen molar-refractivity contribution in [1.82, 2.24) is 0 Å². The van der Waals surface area contributed by atoms with Crippen LogP contribution in [-0.4, -0.2) is 11.7 Å². The largest absolute Gasteiger partial charge is 0.444 e. The first-order chi connectivity index (χ1) is 6.90. The van der Waals surface area contributed by atoms with Gasteiger partial charge in [-0.1, -0.05) is 0 Å². The van der Waals surface area contributed by atoms with Gasteiger partial charge >= 0.3 is 6.09 Å². The molecule has 0 fully saturated rings. The maximum Gasteiger partial charge on any atom is 0.412 e.